The van der Waals surface area contributed by atoms with Gasteiger partial charge < -0.3 is 14.6 Å². The van der Waals surface area contributed by atoms with Crippen LogP contribution in [0.4, 0.5) is 0 Å². The molecule has 3 aromatic rings. The highest BCUT2D eigenvalue weighted by Crippen LogP contribution is 2.47. The second-order valence-corrected chi connectivity index (χ2v) is 10.3. The number of ketones is 1. The van der Waals surface area contributed by atoms with Crippen molar-refractivity contribution in [1.82, 2.24) is 0 Å². The van der Waals surface area contributed by atoms with Gasteiger partial charge in [0.15, 0.2) is 11.5 Å². The number of halogens is 1. The van der Waals surface area contributed by atoms with E-state index in [9.17, 15) is 14.7 Å². The van der Waals surface area contributed by atoms with Crippen LogP contribution in [-0.4, -0.2) is 29.2 Å². The first kappa shape index (κ1) is 26.7. The number of hydrogen-bond acceptors (Lipinski definition) is 6. The molecule has 0 bridgehead atoms. The summed E-state index contributed by atoms with van der Waals surface area (Å²) in [5.41, 5.74) is 4.22. The van der Waals surface area contributed by atoms with Crippen molar-refractivity contribution < 1.29 is 24.2 Å². The molecule has 0 saturated heterocycles. The Balaban J connectivity index is 1.54. The lowest BCUT2D eigenvalue weighted by atomic mass is 9.66. The molecular weight excluding hydrogens is 514 g/mol. The quantitative estimate of drug-likeness (QED) is 0.333. The molecule has 1 aliphatic carbocycles. The number of phenols is 1. The second kappa shape index (κ2) is 11.5. The number of carbonyl (C=O) groups is 2. The van der Waals surface area contributed by atoms with E-state index in [4.69, 9.17) is 26.1 Å². The third-order valence-electron chi connectivity index (χ3n) is 7.37. The summed E-state index contributed by atoms with van der Waals surface area (Å²) in [4.78, 5) is 32.2. The number of esters is 1. The van der Waals surface area contributed by atoms with E-state index >= 15 is 0 Å². The first-order valence-electron chi connectivity index (χ1n) is 13.1. The molecule has 3 atom stereocenters. The van der Waals surface area contributed by atoms with Crippen molar-refractivity contribution in [2.45, 2.75) is 45.1 Å². The number of Topliss-reactive ketones (excluding diaryl/α,β-unsaturated/α-hetero) is 1. The van der Waals surface area contributed by atoms with E-state index < -0.39 is 17.8 Å². The van der Waals surface area contributed by atoms with Crippen LogP contribution in [0.3, 0.4) is 0 Å². The Morgan fingerprint density at radius 3 is 2.44 bits per heavy atom. The van der Waals surface area contributed by atoms with Gasteiger partial charge in [0, 0.05) is 28.8 Å². The van der Waals surface area contributed by atoms with E-state index in [-0.39, 0.29) is 24.1 Å². The van der Waals surface area contributed by atoms with Crippen LogP contribution < -0.4 is 4.74 Å². The number of fused-ring (bicyclic) bond motifs is 1. The second-order valence-electron chi connectivity index (χ2n) is 9.90. The molecule has 1 unspecified atom stereocenters. The van der Waals surface area contributed by atoms with E-state index in [1.54, 1.807) is 19.1 Å². The summed E-state index contributed by atoms with van der Waals surface area (Å²) < 4.78 is 11.4. The van der Waals surface area contributed by atoms with Crippen LogP contribution in [0.1, 0.15) is 55.2 Å². The maximum Gasteiger partial charge on any atom is 0.336 e. The lowest BCUT2D eigenvalue weighted by Crippen LogP contribution is -2.41. The molecule has 0 spiro atoms. The van der Waals surface area contributed by atoms with Crippen LogP contribution in [-0.2, 0) is 20.9 Å². The molecule has 5 rings (SSSR count). The topological polar surface area (TPSA) is 85.2 Å². The highest BCUT2D eigenvalue weighted by molar-refractivity contribution is 6.30. The number of carbonyl (C=O) groups excluding carboxylic acids is 2. The molecule has 2 aliphatic rings. The fraction of sp³-hybridized carbons (Fsp3) is 0.281. The van der Waals surface area contributed by atoms with Gasteiger partial charge in [-0.3, -0.25) is 9.79 Å². The summed E-state index contributed by atoms with van der Waals surface area (Å²) in [6.45, 7) is 4.09. The summed E-state index contributed by atoms with van der Waals surface area (Å²) in [5, 5.41) is 11.0. The molecule has 0 radical (unpaired) electrons. The SMILES string of the molecule is CCOc1cc([C@H]2C(C(=O)OCc3ccccc3)=C(C)N=C3C[C@H](c4ccc(Cl)cc4)CC(=O)C32)ccc1O. The van der Waals surface area contributed by atoms with Gasteiger partial charge in [-0.2, -0.15) is 0 Å². The summed E-state index contributed by atoms with van der Waals surface area (Å²) in [5.74, 6) is -1.45. The standard InChI is InChI=1S/C32H30ClNO5/c1-3-38-28-17-22(11-14-26(28)35)30-29(32(37)39-18-20-7-5-4-6-8-20)19(2)34-25-15-23(16-27(36)31(25)30)21-9-12-24(33)13-10-21/h4-14,17,23,30-31,35H,3,15-16,18H2,1-2H3/t23-,30-,31?/m0/s1. The van der Waals surface area contributed by atoms with E-state index in [1.807, 2.05) is 61.5 Å². The number of phenolic OH excluding ortho intramolecular Hbond substituents is 1. The van der Waals surface area contributed by atoms with Crippen LogP contribution in [0, 0.1) is 5.92 Å². The first-order chi connectivity index (χ1) is 18.9. The van der Waals surface area contributed by atoms with Crippen molar-refractivity contribution in [3.63, 3.8) is 0 Å². The Kier molecular flexibility index (Phi) is 7.84. The Morgan fingerprint density at radius 2 is 1.72 bits per heavy atom. The molecule has 1 saturated carbocycles. The number of benzene rings is 3. The molecule has 1 aliphatic heterocycles. The Labute approximate surface area is 232 Å². The Hall–Kier alpha value is -3.90. The third-order valence-corrected chi connectivity index (χ3v) is 7.62. The van der Waals surface area contributed by atoms with E-state index in [0.29, 0.717) is 47.1 Å². The maximum atomic E-state index is 13.8. The van der Waals surface area contributed by atoms with Gasteiger partial charge in [-0.05, 0) is 67.1 Å². The van der Waals surface area contributed by atoms with E-state index in [0.717, 1.165) is 16.8 Å². The fourth-order valence-corrected chi connectivity index (χ4v) is 5.69. The molecule has 0 aromatic heterocycles. The summed E-state index contributed by atoms with van der Waals surface area (Å²) >= 11 is 6.08. The molecule has 7 heteroatoms. The number of aliphatic imine (C=N–C) groups is 1. The van der Waals surface area contributed by atoms with Crippen LogP contribution in [0.5, 0.6) is 11.5 Å². The van der Waals surface area contributed by atoms with Crippen molar-refractivity contribution in [2.75, 3.05) is 6.61 Å². The van der Waals surface area contributed by atoms with Gasteiger partial charge in [0.05, 0.1) is 18.1 Å². The first-order valence-corrected chi connectivity index (χ1v) is 13.5. The largest absolute Gasteiger partial charge is 0.504 e. The summed E-state index contributed by atoms with van der Waals surface area (Å²) in [6, 6.07) is 22.0. The highest BCUT2D eigenvalue weighted by atomic mass is 35.5. The van der Waals surface area contributed by atoms with E-state index in [2.05, 4.69) is 0 Å². The molecule has 1 heterocycles. The minimum atomic E-state index is -0.615. The van der Waals surface area contributed by atoms with Crippen molar-refractivity contribution in [3.05, 3.63) is 106 Å². The minimum absolute atomic E-state index is 0.00280. The molecule has 200 valence electrons. The minimum Gasteiger partial charge on any atom is -0.504 e. The number of ether oxygens (including phenoxy) is 2. The lowest BCUT2D eigenvalue weighted by Gasteiger charge is -2.38. The van der Waals surface area contributed by atoms with Gasteiger partial charge in [0.25, 0.3) is 0 Å². The molecular formula is C32H30ClNO5. The third kappa shape index (κ3) is 5.62. The van der Waals surface area contributed by atoms with Crippen LogP contribution in [0.2, 0.25) is 5.02 Å². The monoisotopic (exact) mass is 543 g/mol. The fourth-order valence-electron chi connectivity index (χ4n) is 5.57. The van der Waals surface area contributed by atoms with Gasteiger partial charge in [-0.15, -0.1) is 0 Å². The number of aromatic hydroxyl groups is 1. The number of hydrogen-bond donors (Lipinski definition) is 1. The van der Waals surface area contributed by atoms with Crippen LogP contribution in [0.15, 0.2) is 89.1 Å². The van der Waals surface area contributed by atoms with Gasteiger partial charge in [0.2, 0.25) is 0 Å². The smallest absolute Gasteiger partial charge is 0.336 e. The Bertz CT molecular complexity index is 1450. The Morgan fingerprint density at radius 1 is 1.00 bits per heavy atom. The summed E-state index contributed by atoms with van der Waals surface area (Å²) in [6.07, 6.45) is 0.915. The van der Waals surface area contributed by atoms with E-state index in [1.165, 1.54) is 6.07 Å². The zero-order valence-electron chi connectivity index (χ0n) is 21.9. The molecule has 1 N–H and O–H groups in total. The molecule has 6 nitrogen and oxygen atoms in total. The van der Waals surface area contributed by atoms with Crippen molar-refractivity contribution >= 4 is 29.1 Å². The highest BCUT2D eigenvalue weighted by Gasteiger charge is 2.46. The van der Waals surface area contributed by atoms with Crippen molar-refractivity contribution in [1.29, 1.82) is 0 Å². The van der Waals surface area contributed by atoms with Gasteiger partial charge in [-0.1, -0.05) is 60.1 Å². The number of nitrogens with zero attached hydrogens (tertiary/aromatic N) is 1. The van der Waals surface area contributed by atoms with Crippen LogP contribution >= 0.6 is 11.6 Å². The molecule has 0 amide bonds. The molecule has 39 heavy (non-hydrogen) atoms. The van der Waals surface area contributed by atoms with Gasteiger partial charge in [-0.25, -0.2) is 4.79 Å². The average Bonchev–Trinajstić information content (AvgIpc) is 2.93. The predicted octanol–water partition coefficient (Wildman–Crippen LogP) is 6.76. The molecule has 1 fully saturated rings. The predicted molar refractivity (Wildman–Crippen MR) is 150 cm³/mol. The average molecular weight is 544 g/mol. The summed E-state index contributed by atoms with van der Waals surface area (Å²) in [7, 11) is 0. The lowest BCUT2D eigenvalue weighted by molar-refractivity contribution is -0.140. The number of allylic oxidation sites excluding steroid dienone is 1. The zero-order valence-corrected chi connectivity index (χ0v) is 22.6. The molecule has 3 aromatic carbocycles. The number of rotatable bonds is 7. The maximum absolute atomic E-state index is 13.8. The normalized spacial score (nSPS) is 20.7. The van der Waals surface area contributed by atoms with Crippen LogP contribution in [0.25, 0.3) is 0 Å². The zero-order chi connectivity index (χ0) is 27.5. The van der Waals surface area contributed by atoms with Crippen molar-refractivity contribution in [3.8, 4) is 11.5 Å². The van der Waals surface area contributed by atoms with Gasteiger partial charge in [0.1, 0.15) is 12.4 Å². The van der Waals surface area contributed by atoms with Gasteiger partial charge >= 0.3 is 5.97 Å². The van der Waals surface area contributed by atoms with Crippen molar-refractivity contribution in [2.24, 2.45) is 10.9 Å².